The predicted octanol–water partition coefficient (Wildman–Crippen LogP) is 2.66. The molecule has 1 fully saturated rings. The standard InChI is InChI=1S/C11H15NO/c1-13-11-7-5-10(6-8-11)12-9-3-2-4-9/h5-9,12H,2-4H2,1H3. The number of benzene rings is 1. The quantitative estimate of drug-likeness (QED) is 0.766. The molecule has 0 saturated heterocycles. The fourth-order valence-corrected chi connectivity index (χ4v) is 1.48. The lowest BCUT2D eigenvalue weighted by molar-refractivity contribution is 0.414. The van der Waals surface area contributed by atoms with Crippen LogP contribution in [0.2, 0.25) is 0 Å². The molecule has 0 atom stereocenters. The third-order valence-corrected chi connectivity index (χ3v) is 2.57. The Morgan fingerprint density at radius 1 is 1.23 bits per heavy atom. The number of anilines is 1. The predicted molar refractivity (Wildman–Crippen MR) is 54.3 cm³/mol. The summed E-state index contributed by atoms with van der Waals surface area (Å²) < 4.78 is 5.09. The lowest BCUT2D eigenvalue weighted by Gasteiger charge is -2.27. The highest BCUT2D eigenvalue weighted by molar-refractivity contribution is 5.47. The Kier molecular flexibility index (Phi) is 2.39. The van der Waals surface area contributed by atoms with E-state index in [2.05, 4.69) is 17.4 Å². The highest BCUT2D eigenvalue weighted by atomic mass is 16.5. The Morgan fingerprint density at radius 2 is 1.92 bits per heavy atom. The van der Waals surface area contributed by atoms with Gasteiger partial charge < -0.3 is 10.1 Å². The van der Waals surface area contributed by atoms with Crippen molar-refractivity contribution < 1.29 is 4.74 Å². The molecule has 70 valence electrons. The fraction of sp³-hybridized carbons (Fsp3) is 0.455. The van der Waals surface area contributed by atoms with Crippen LogP contribution in [0.25, 0.3) is 0 Å². The Morgan fingerprint density at radius 3 is 2.38 bits per heavy atom. The van der Waals surface area contributed by atoms with Crippen molar-refractivity contribution in [3.05, 3.63) is 24.3 Å². The van der Waals surface area contributed by atoms with E-state index in [9.17, 15) is 0 Å². The normalized spacial score (nSPS) is 16.4. The summed E-state index contributed by atoms with van der Waals surface area (Å²) in [5, 5.41) is 3.47. The summed E-state index contributed by atoms with van der Waals surface area (Å²) in [6.45, 7) is 0. The van der Waals surface area contributed by atoms with Crippen LogP contribution < -0.4 is 10.1 Å². The molecule has 0 unspecified atom stereocenters. The summed E-state index contributed by atoms with van der Waals surface area (Å²) in [7, 11) is 1.69. The van der Waals surface area contributed by atoms with Gasteiger partial charge in [-0.3, -0.25) is 0 Å². The Labute approximate surface area is 78.9 Å². The Balaban J connectivity index is 1.96. The summed E-state index contributed by atoms with van der Waals surface area (Å²) in [4.78, 5) is 0. The van der Waals surface area contributed by atoms with E-state index in [1.165, 1.54) is 24.9 Å². The zero-order valence-corrected chi connectivity index (χ0v) is 7.92. The fourth-order valence-electron chi connectivity index (χ4n) is 1.48. The van der Waals surface area contributed by atoms with Gasteiger partial charge >= 0.3 is 0 Å². The lowest BCUT2D eigenvalue weighted by Crippen LogP contribution is -2.26. The second-order valence-corrected chi connectivity index (χ2v) is 3.50. The van der Waals surface area contributed by atoms with E-state index in [0.717, 1.165) is 5.75 Å². The third kappa shape index (κ3) is 1.94. The van der Waals surface area contributed by atoms with E-state index < -0.39 is 0 Å². The van der Waals surface area contributed by atoms with Crippen molar-refractivity contribution in [3.63, 3.8) is 0 Å². The van der Waals surface area contributed by atoms with E-state index in [4.69, 9.17) is 4.74 Å². The van der Waals surface area contributed by atoms with Crippen LogP contribution in [0.3, 0.4) is 0 Å². The first-order chi connectivity index (χ1) is 6.38. The maximum atomic E-state index is 5.09. The highest BCUT2D eigenvalue weighted by Crippen LogP contribution is 2.24. The molecule has 1 aliphatic carbocycles. The topological polar surface area (TPSA) is 21.3 Å². The molecule has 0 spiro atoms. The van der Waals surface area contributed by atoms with Crippen molar-refractivity contribution in [1.82, 2.24) is 0 Å². The second kappa shape index (κ2) is 3.69. The minimum absolute atomic E-state index is 0.702. The molecule has 1 saturated carbocycles. The van der Waals surface area contributed by atoms with Gasteiger partial charge in [-0.2, -0.15) is 0 Å². The highest BCUT2D eigenvalue weighted by Gasteiger charge is 2.16. The monoisotopic (exact) mass is 177 g/mol. The maximum absolute atomic E-state index is 5.09. The SMILES string of the molecule is COc1ccc(NC2CCC2)cc1. The van der Waals surface area contributed by atoms with Gasteiger partial charge in [0.2, 0.25) is 0 Å². The van der Waals surface area contributed by atoms with Crippen LogP contribution in [0.1, 0.15) is 19.3 Å². The molecule has 2 rings (SSSR count). The van der Waals surface area contributed by atoms with Gasteiger partial charge in [0.05, 0.1) is 7.11 Å². The van der Waals surface area contributed by atoms with E-state index in [-0.39, 0.29) is 0 Å². The maximum Gasteiger partial charge on any atom is 0.119 e. The van der Waals surface area contributed by atoms with E-state index in [1.54, 1.807) is 7.11 Å². The Bertz CT molecular complexity index is 264. The van der Waals surface area contributed by atoms with Gasteiger partial charge in [-0.15, -0.1) is 0 Å². The number of nitrogens with one attached hydrogen (secondary N) is 1. The first kappa shape index (κ1) is 8.42. The minimum Gasteiger partial charge on any atom is -0.497 e. The largest absolute Gasteiger partial charge is 0.497 e. The van der Waals surface area contributed by atoms with Crippen LogP contribution in [0.5, 0.6) is 5.75 Å². The van der Waals surface area contributed by atoms with Crippen LogP contribution >= 0.6 is 0 Å². The van der Waals surface area contributed by atoms with Gasteiger partial charge in [0.1, 0.15) is 5.75 Å². The van der Waals surface area contributed by atoms with Crippen LogP contribution in [-0.4, -0.2) is 13.2 Å². The van der Waals surface area contributed by atoms with Crippen molar-refractivity contribution in [1.29, 1.82) is 0 Å². The molecule has 0 bridgehead atoms. The number of rotatable bonds is 3. The molecule has 0 radical (unpaired) electrons. The molecule has 13 heavy (non-hydrogen) atoms. The molecule has 0 heterocycles. The number of methoxy groups -OCH3 is 1. The zero-order valence-electron chi connectivity index (χ0n) is 7.92. The van der Waals surface area contributed by atoms with Gasteiger partial charge in [0.25, 0.3) is 0 Å². The molecular formula is C11H15NO. The minimum atomic E-state index is 0.702. The molecule has 0 aromatic heterocycles. The number of hydrogen-bond donors (Lipinski definition) is 1. The molecular weight excluding hydrogens is 162 g/mol. The van der Waals surface area contributed by atoms with Gasteiger partial charge in [-0.25, -0.2) is 0 Å². The number of ether oxygens (including phenoxy) is 1. The summed E-state index contributed by atoms with van der Waals surface area (Å²) in [5.74, 6) is 0.916. The van der Waals surface area contributed by atoms with Crippen molar-refractivity contribution in [2.24, 2.45) is 0 Å². The van der Waals surface area contributed by atoms with Gasteiger partial charge in [-0.1, -0.05) is 0 Å². The average molecular weight is 177 g/mol. The zero-order chi connectivity index (χ0) is 9.10. The van der Waals surface area contributed by atoms with Crippen LogP contribution in [0.4, 0.5) is 5.69 Å². The van der Waals surface area contributed by atoms with Gasteiger partial charge in [0, 0.05) is 11.7 Å². The van der Waals surface area contributed by atoms with Crippen LogP contribution in [-0.2, 0) is 0 Å². The summed E-state index contributed by atoms with van der Waals surface area (Å²) in [6.07, 6.45) is 3.99. The van der Waals surface area contributed by atoms with E-state index in [0.29, 0.717) is 6.04 Å². The van der Waals surface area contributed by atoms with Gasteiger partial charge in [-0.05, 0) is 43.5 Å². The molecule has 1 aromatic carbocycles. The Hall–Kier alpha value is -1.18. The summed E-state index contributed by atoms with van der Waals surface area (Å²) >= 11 is 0. The van der Waals surface area contributed by atoms with Crippen molar-refractivity contribution in [2.45, 2.75) is 25.3 Å². The molecule has 2 heteroatoms. The van der Waals surface area contributed by atoms with E-state index in [1.807, 2.05) is 12.1 Å². The number of hydrogen-bond acceptors (Lipinski definition) is 2. The average Bonchev–Trinajstić information content (AvgIpc) is 2.12. The lowest BCUT2D eigenvalue weighted by atomic mass is 9.93. The molecule has 1 N–H and O–H groups in total. The molecule has 2 nitrogen and oxygen atoms in total. The van der Waals surface area contributed by atoms with Gasteiger partial charge in [0.15, 0.2) is 0 Å². The first-order valence-corrected chi connectivity index (χ1v) is 4.79. The van der Waals surface area contributed by atoms with Crippen molar-refractivity contribution in [3.8, 4) is 5.75 Å². The molecule has 0 aliphatic heterocycles. The molecule has 0 amide bonds. The second-order valence-electron chi connectivity index (χ2n) is 3.50. The summed E-state index contributed by atoms with van der Waals surface area (Å²) in [6, 6.07) is 8.81. The van der Waals surface area contributed by atoms with Crippen molar-refractivity contribution in [2.75, 3.05) is 12.4 Å². The third-order valence-electron chi connectivity index (χ3n) is 2.57. The van der Waals surface area contributed by atoms with E-state index >= 15 is 0 Å². The van der Waals surface area contributed by atoms with Crippen LogP contribution in [0.15, 0.2) is 24.3 Å². The molecule has 1 aliphatic rings. The van der Waals surface area contributed by atoms with Crippen molar-refractivity contribution >= 4 is 5.69 Å². The first-order valence-electron chi connectivity index (χ1n) is 4.79. The smallest absolute Gasteiger partial charge is 0.119 e. The summed E-state index contributed by atoms with van der Waals surface area (Å²) in [5.41, 5.74) is 1.20. The van der Waals surface area contributed by atoms with Crippen LogP contribution in [0, 0.1) is 0 Å². The molecule has 1 aromatic rings.